The highest BCUT2D eigenvalue weighted by Gasteiger charge is 2.23. The number of nitrogens with two attached hydrogens (primary N) is 1. The Morgan fingerprint density at radius 3 is 2.48 bits per heavy atom. The van der Waals surface area contributed by atoms with Crippen molar-refractivity contribution in [3.63, 3.8) is 0 Å². The number of amides is 1. The van der Waals surface area contributed by atoms with Crippen molar-refractivity contribution in [3.05, 3.63) is 11.4 Å². The lowest BCUT2D eigenvalue weighted by Crippen LogP contribution is -2.37. The van der Waals surface area contributed by atoms with Crippen molar-refractivity contribution in [2.45, 2.75) is 13.3 Å². The first-order chi connectivity index (χ1) is 9.88. The van der Waals surface area contributed by atoms with Crippen LogP contribution in [0.2, 0.25) is 0 Å². The Labute approximate surface area is 126 Å². The first-order valence-electron chi connectivity index (χ1n) is 7.10. The molecule has 0 spiro atoms. The van der Waals surface area contributed by atoms with E-state index in [0.29, 0.717) is 36.8 Å². The molecule has 0 aliphatic rings. The standard InChI is InChI=1S/C14H27N5O2/c1-11-12(15)13(18(4)16-11)14(20)19(9-10-21-5)8-6-7-17(2)3/h6-10,15H2,1-5H3. The summed E-state index contributed by atoms with van der Waals surface area (Å²) in [7, 11) is 7.41. The van der Waals surface area contributed by atoms with Crippen LogP contribution in [0.3, 0.4) is 0 Å². The molecule has 1 heterocycles. The average Bonchev–Trinajstić information content (AvgIpc) is 2.66. The highest BCUT2D eigenvalue weighted by atomic mass is 16.5. The number of hydrogen-bond donors (Lipinski definition) is 1. The second kappa shape index (κ2) is 7.99. The van der Waals surface area contributed by atoms with Crippen LogP contribution < -0.4 is 5.73 Å². The molecule has 0 saturated carbocycles. The van der Waals surface area contributed by atoms with Gasteiger partial charge in [0, 0.05) is 27.2 Å². The summed E-state index contributed by atoms with van der Waals surface area (Å²) >= 11 is 0. The number of nitrogens with zero attached hydrogens (tertiary/aromatic N) is 4. The van der Waals surface area contributed by atoms with E-state index in [9.17, 15) is 4.79 Å². The summed E-state index contributed by atoms with van der Waals surface area (Å²) in [5, 5.41) is 4.21. The zero-order valence-electron chi connectivity index (χ0n) is 13.7. The Balaban J connectivity index is 2.83. The lowest BCUT2D eigenvalue weighted by molar-refractivity contribution is 0.0679. The largest absolute Gasteiger partial charge is 0.395 e. The number of hydrogen-bond acceptors (Lipinski definition) is 5. The highest BCUT2D eigenvalue weighted by molar-refractivity contribution is 5.98. The molecule has 7 nitrogen and oxygen atoms in total. The van der Waals surface area contributed by atoms with Crippen LogP contribution in [0.5, 0.6) is 0 Å². The second-order valence-electron chi connectivity index (χ2n) is 5.41. The van der Waals surface area contributed by atoms with E-state index in [-0.39, 0.29) is 5.91 Å². The van der Waals surface area contributed by atoms with Gasteiger partial charge in [0.25, 0.3) is 5.91 Å². The molecule has 0 aromatic carbocycles. The maximum atomic E-state index is 12.7. The summed E-state index contributed by atoms with van der Waals surface area (Å²) in [5.41, 5.74) is 7.57. The molecule has 0 atom stereocenters. The van der Waals surface area contributed by atoms with Gasteiger partial charge in [0.2, 0.25) is 0 Å². The topological polar surface area (TPSA) is 76.6 Å². The molecule has 0 radical (unpaired) electrons. The zero-order chi connectivity index (χ0) is 16.0. The van der Waals surface area contributed by atoms with Gasteiger partial charge in [-0.25, -0.2) is 0 Å². The van der Waals surface area contributed by atoms with Crippen LogP contribution in [0, 0.1) is 6.92 Å². The Hall–Kier alpha value is -1.60. The SMILES string of the molecule is COCCN(CCCN(C)C)C(=O)c1c(N)c(C)nn1C. The second-order valence-corrected chi connectivity index (χ2v) is 5.41. The van der Waals surface area contributed by atoms with Crippen molar-refractivity contribution in [3.8, 4) is 0 Å². The number of aromatic nitrogens is 2. The van der Waals surface area contributed by atoms with Crippen LogP contribution in [-0.4, -0.2) is 72.9 Å². The quantitative estimate of drug-likeness (QED) is 0.749. The molecule has 0 aliphatic carbocycles. The summed E-state index contributed by atoms with van der Waals surface area (Å²) in [6, 6.07) is 0. The molecule has 0 bridgehead atoms. The van der Waals surface area contributed by atoms with Gasteiger partial charge in [0.05, 0.1) is 18.0 Å². The van der Waals surface area contributed by atoms with Crippen LogP contribution >= 0.6 is 0 Å². The molecule has 2 N–H and O–H groups in total. The number of carbonyl (C=O) groups is 1. The minimum atomic E-state index is -0.0913. The van der Waals surface area contributed by atoms with E-state index < -0.39 is 0 Å². The normalized spacial score (nSPS) is 11.1. The molecule has 0 fully saturated rings. The Kier molecular flexibility index (Phi) is 6.64. The monoisotopic (exact) mass is 297 g/mol. The van der Waals surface area contributed by atoms with Crippen molar-refractivity contribution < 1.29 is 9.53 Å². The third-order valence-corrected chi connectivity index (χ3v) is 3.36. The van der Waals surface area contributed by atoms with Crippen LogP contribution in [0.25, 0.3) is 0 Å². The molecule has 7 heteroatoms. The van der Waals surface area contributed by atoms with E-state index in [2.05, 4.69) is 10.00 Å². The molecular formula is C14H27N5O2. The first-order valence-corrected chi connectivity index (χ1v) is 7.10. The number of anilines is 1. The van der Waals surface area contributed by atoms with Crippen molar-refractivity contribution in [2.75, 3.05) is 53.2 Å². The van der Waals surface area contributed by atoms with Crippen LogP contribution in [0.4, 0.5) is 5.69 Å². The molecule has 1 aromatic heterocycles. The van der Waals surface area contributed by atoms with Crippen molar-refractivity contribution in [1.82, 2.24) is 19.6 Å². The van der Waals surface area contributed by atoms with Gasteiger partial charge < -0.3 is 20.3 Å². The minimum Gasteiger partial charge on any atom is -0.395 e. The third-order valence-electron chi connectivity index (χ3n) is 3.36. The van der Waals surface area contributed by atoms with Crippen molar-refractivity contribution in [2.24, 2.45) is 7.05 Å². The number of nitrogen functional groups attached to an aromatic ring is 1. The number of ether oxygens (including phenoxy) is 1. The maximum Gasteiger partial charge on any atom is 0.274 e. The number of carbonyl (C=O) groups excluding carboxylic acids is 1. The minimum absolute atomic E-state index is 0.0913. The van der Waals surface area contributed by atoms with Gasteiger partial charge in [0.1, 0.15) is 5.69 Å². The molecular weight excluding hydrogens is 270 g/mol. The van der Waals surface area contributed by atoms with E-state index >= 15 is 0 Å². The summed E-state index contributed by atoms with van der Waals surface area (Å²) in [4.78, 5) is 16.6. The lowest BCUT2D eigenvalue weighted by atomic mass is 10.2. The Morgan fingerprint density at radius 2 is 2.00 bits per heavy atom. The highest BCUT2D eigenvalue weighted by Crippen LogP contribution is 2.17. The molecule has 1 amide bonds. The first kappa shape index (κ1) is 17.5. The Morgan fingerprint density at radius 1 is 1.33 bits per heavy atom. The molecule has 120 valence electrons. The molecule has 1 rings (SSSR count). The van der Waals surface area contributed by atoms with Gasteiger partial charge in [0.15, 0.2) is 0 Å². The van der Waals surface area contributed by atoms with Gasteiger partial charge in [-0.05, 0) is 34.0 Å². The molecule has 0 aliphatic heterocycles. The predicted octanol–water partition coefficient (Wildman–Crippen LogP) is 0.351. The summed E-state index contributed by atoms with van der Waals surface area (Å²) in [5.74, 6) is -0.0913. The number of methoxy groups -OCH3 is 1. The number of aryl methyl sites for hydroxylation is 2. The van der Waals surface area contributed by atoms with Gasteiger partial charge >= 0.3 is 0 Å². The maximum absolute atomic E-state index is 12.7. The van der Waals surface area contributed by atoms with E-state index in [1.54, 1.807) is 30.7 Å². The van der Waals surface area contributed by atoms with E-state index in [1.807, 2.05) is 14.1 Å². The van der Waals surface area contributed by atoms with Crippen LogP contribution in [-0.2, 0) is 11.8 Å². The third kappa shape index (κ3) is 4.71. The smallest absolute Gasteiger partial charge is 0.274 e. The van der Waals surface area contributed by atoms with Gasteiger partial charge in [-0.3, -0.25) is 9.48 Å². The molecule has 0 unspecified atom stereocenters. The average molecular weight is 297 g/mol. The van der Waals surface area contributed by atoms with Crippen molar-refractivity contribution in [1.29, 1.82) is 0 Å². The predicted molar refractivity (Wildman–Crippen MR) is 83.3 cm³/mol. The fraction of sp³-hybridized carbons (Fsp3) is 0.714. The summed E-state index contributed by atoms with van der Waals surface area (Å²) in [6.45, 7) is 4.45. The van der Waals surface area contributed by atoms with Crippen LogP contribution in [0.1, 0.15) is 22.6 Å². The molecule has 1 aromatic rings. The van der Waals surface area contributed by atoms with E-state index in [0.717, 1.165) is 13.0 Å². The Bertz CT molecular complexity index is 470. The fourth-order valence-electron chi connectivity index (χ4n) is 2.17. The van der Waals surface area contributed by atoms with E-state index in [1.165, 1.54) is 0 Å². The molecule has 0 saturated heterocycles. The van der Waals surface area contributed by atoms with Crippen LogP contribution in [0.15, 0.2) is 0 Å². The summed E-state index contributed by atoms with van der Waals surface area (Å²) < 4.78 is 6.65. The fourth-order valence-corrected chi connectivity index (χ4v) is 2.17. The van der Waals surface area contributed by atoms with Crippen molar-refractivity contribution >= 4 is 11.6 Å². The lowest BCUT2D eigenvalue weighted by Gasteiger charge is -2.23. The zero-order valence-corrected chi connectivity index (χ0v) is 13.7. The summed E-state index contributed by atoms with van der Waals surface area (Å²) in [6.07, 6.45) is 0.902. The number of rotatable bonds is 8. The van der Waals surface area contributed by atoms with Gasteiger partial charge in [-0.15, -0.1) is 0 Å². The molecule has 21 heavy (non-hydrogen) atoms. The van der Waals surface area contributed by atoms with E-state index in [4.69, 9.17) is 10.5 Å². The van der Waals surface area contributed by atoms with Gasteiger partial charge in [-0.1, -0.05) is 0 Å². The van der Waals surface area contributed by atoms with Gasteiger partial charge in [-0.2, -0.15) is 5.10 Å².